The molecule has 2 rings (SSSR count). The first-order chi connectivity index (χ1) is 7.66. The largest absolute Gasteiger partial charge is 0.348 e. The molecule has 0 bridgehead atoms. The highest BCUT2D eigenvalue weighted by molar-refractivity contribution is 8.01. The van der Waals surface area contributed by atoms with Crippen LogP contribution in [0.15, 0.2) is 22.7 Å². The summed E-state index contributed by atoms with van der Waals surface area (Å²) in [6.07, 6.45) is 1.87. The number of carbonyl (C=O) groups excluding carboxylic acids is 1. The highest BCUT2D eigenvalue weighted by Crippen LogP contribution is 2.22. The minimum absolute atomic E-state index is 0.116. The van der Waals surface area contributed by atoms with Gasteiger partial charge < -0.3 is 4.57 Å². The summed E-state index contributed by atoms with van der Waals surface area (Å²) in [5, 5.41) is 8.79. The van der Waals surface area contributed by atoms with E-state index in [0.29, 0.717) is 5.75 Å². The van der Waals surface area contributed by atoms with Crippen LogP contribution in [0.1, 0.15) is 15.5 Å². The van der Waals surface area contributed by atoms with Crippen molar-refractivity contribution in [2.75, 3.05) is 5.75 Å². The molecular formula is C10H11N3OS2. The van der Waals surface area contributed by atoms with Gasteiger partial charge in [-0.15, -0.1) is 10.2 Å². The van der Waals surface area contributed by atoms with Gasteiger partial charge in [0.2, 0.25) is 0 Å². The summed E-state index contributed by atoms with van der Waals surface area (Å²) >= 11 is 2.95. The first-order valence-corrected chi connectivity index (χ1v) is 6.54. The molecule has 0 unspecified atom stereocenters. The average Bonchev–Trinajstić information content (AvgIpc) is 2.84. The number of hydrogen-bond acceptors (Lipinski definition) is 5. The van der Waals surface area contributed by atoms with E-state index in [1.165, 1.54) is 23.1 Å². The van der Waals surface area contributed by atoms with Crippen LogP contribution >= 0.6 is 23.1 Å². The lowest BCUT2D eigenvalue weighted by Crippen LogP contribution is -2.07. The van der Waals surface area contributed by atoms with E-state index in [2.05, 4.69) is 10.2 Å². The van der Waals surface area contributed by atoms with Crippen molar-refractivity contribution in [1.82, 2.24) is 14.8 Å². The molecular weight excluding hydrogens is 242 g/mol. The Hall–Kier alpha value is -1.14. The van der Waals surface area contributed by atoms with Gasteiger partial charge in [-0.25, -0.2) is 0 Å². The first kappa shape index (κ1) is 11.3. The maximum Gasteiger partial charge on any atom is 0.189 e. The van der Waals surface area contributed by atoms with E-state index in [1.54, 1.807) is 0 Å². The van der Waals surface area contributed by atoms with Gasteiger partial charge in [0.15, 0.2) is 10.1 Å². The zero-order valence-electron chi connectivity index (χ0n) is 9.01. The second-order valence-corrected chi connectivity index (χ2v) is 5.71. The Morgan fingerprint density at radius 3 is 2.94 bits per heavy atom. The maximum atomic E-state index is 11.8. The Labute approximate surface area is 102 Å². The molecule has 0 amide bonds. The third kappa shape index (κ3) is 2.51. The van der Waals surface area contributed by atoms with Crippen molar-refractivity contribution < 1.29 is 4.79 Å². The molecule has 6 heteroatoms. The maximum absolute atomic E-state index is 11.8. The van der Waals surface area contributed by atoms with Gasteiger partial charge in [0.05, 0.1) is 11.4 Å². The summed E-state index contributed by atoms with van der Waals surface area (Å²) < 4.78 is 2.67. The summed E-state index contributed by atoms with van der Waals surface area (Å²) in [7, 11) is 1.87. The van der Waals surface area contributed by atoms with Gasteiger partial charge in [0.1, 0.15) is 5.01 Å². The number of aromatic nitrogens is 3. The Kier molecular flexibility index (Phi) is 3.40. The van der Waals surface area contributed by atoms with Crippen molar-refractivity contribution in [3.8, 4) is 0 Å². The lowest BCUT2D eigenvalue weighted by Gasteiger charge is -2.00. The molecule has 0 aliphatic heterocycles. The van der Waals surface area contributed by atoms with Gasteiger partial charge in [0.25, 0.3) is 0 Å². The molecule has 0 aliphatic carbocycles. The molecule has 4 nitrogen and oxygen atoms in total. The molecule has 0 aliphatic rings. The van der Waals surface area contributed by atoms with Crippen LogP contribution in [0.3, 0.4) is 0 Å². The van der Waals surface area contributed by atoms with Gasteiger partial charge in [-0.3, -0.25) is 4.79 Å². The van der Waals surface area contributed by atoms with Crippen molar-refractivity contribution in [2.45, 2.75) is 11.3 Å². The molecule has 0 N–H and O–H groups in total. The number of ketones is 1. The summed E-state index contributed by atoms with van der Waals surface area (Å²) in [4.78, 5) is 11.8. The fraction of sp³-hybridized carbons (Fsp3) is 0.300. The van der Waals surface area contributed by atoms with Crippen molar-refractivity contribution >= 4 is 28.9 Å². The molecule has 2 heterocycles. The van der Waals surface area contributed by atoms with Crippen molar-refractivity contribution in [1.29, 1.82) is 0 Å². The average molecular weight is 253 g/mol. The molecule has 0 fully saturated rings. The summed E-state index contributed by atoms with van der Waals surface area (Å²) in [6.45, 7) is 1.90. The molecule has 0 saturated heterocycles. The van der Waals surface area contributed by atoms with Gasteiger partial charge in [-0.05, 0) is 19.1 Å². The predicted octanol–water partition coefficient (Wildman–Crippen LogP) is 2.16. The number of nitrogens with zero attached hydrogens (tertiary/aromatic N) is 3. The molecule has 0 aromatic carbocycles. The van der Waals surface area contributed by atoms with Gasteiger partial charge in [-0.1, -0.05) is 23.1 Å². The van der Waals surface area contributed by atoms with Crippen LogP contribution in [-0.4, -0.2) is 26.3 Å². The summed E-state index contributed by atoms with van der Waals surface area (Å²) in [5.74, 6) is 0.525. The minimum atomic E-state index is 0.116. The molecule has 2 aromatic rings. The van der Waals surface area contributed by atoms with Gasteiger partial charge in [0, 0.05) is 13.2 Å². The van der Waals surface area contributed by atoms with E-state index in [0.717, 1.165) is 15.0 Å². The van der Waals surface area contributed by atoms with Crippen molar-refractivity contribution in [3.05, 3.63) is 29.0 Å². The van der Waals surface area contributed by atoms with Crippen LogP contribution in [0.2, 0.25) is 0 Å². The highest BCUT2D eigenvalue weighted by atomic mass is 32.2. The molecule has 84 valence electrons. The van der Waals surface area contributed by atoms with E-state index >= 15 is 0 Å². The Balaban J connectivity index is 1.96. The smallest absolute Gasteiger partial charge is 0.189 e. The van der Waals surface area contributed by atoms with Crippen LogP contribution in [0.4, 0.5) is 0 Å². The van der Waals surface area contributed by atoms with Crippen LogP contribution < -0.4 is 0 Å². The third-order valence-corrected chi connectivity index (χ3v) is 4.04. The number of aryl methyl sites for hydroxylation is 2. The molecule has 0 saturated carbocycles. The third-order valence-electron chi connectivity index (χ3n) is 2.06. The molecule has 0 radical (unpaired) electrons. The second kappa shape index (κ2) is 4.80. The normalized spacial score (nSPS) is 10.6. The van der Waals surface area contributed by atoms with E-state index < -0.39 is 0 Å². The molecule has 0 spiro atoms. The minimum Gasteiger partial charge on any atom is -0.348 e. The molecule has 2 aromatic heterocycles. The number of hydrogen-bond donors (Lipinski definition) is 0. The highest BCUT2D eigenvalue weighted by Gasteiger charge is 2.11. The fourth-order valence-corrected chi connectivity index (χ4v) is 2.98. The SMILES string of the molecule is Cc1nnc(SCC(=O)c2cccn2C)s1. The molecule has 0 atom stereocenters. The lowest BCUT2D eigenvalue weighted by atomic mass is 10.3. The fourth-order valence-electron chi connectivity index (χ4n) is 1.29. The van der Waals surface area contributed by atoms with E-state index in [-0.39, 0.29) is 5.78 Å². The second-order valence-electron chi connectivity index (χ2n) is 3.30. The molecule has 16 heavy (non-hydrogen) atoms. The topological polar surface area (TPSA) is 47.8 Å². The zero-order chi connectivity index (χ0) is 11.5. The van der Waals surface area contributed by atoms with Crippen LogP contribution in [-0.2, 0) is 7.05 Å². The summed E-state index contributed by atoms with van der Waals surface area (Å²) in [5.41, 5.74) is 0.730. The van der Waals surface area contributed by atoms with Crippen molar-refractivity contribution in [3.63, 3.8) is 0 Å². The van der Waals surface area contributed by atoms with Gasteiger partial charge >= 0.3 is 0 Å². The summed E-state index contributed by atoms with van der Waals surface area (Å²) in [6, 6.07) is 3.70. The van der Waals surface area contributed by atoms with E-state index in [9.17, 15) is 4.79 Å². The van der Waals surface area contributed by atoms with Crippen LogP contribution in [0.25, 0.3) is 0 Å². The van der Waals surface area contributed by atoms with Gasteiger partial charge in [-0.2, -0.15) is 0 Å². The quantitative estimate of drug-likeness (QED) is 0.619. The van der Waals surface area contributed by atoms with Crippen LogP contribution in [0, 0.1) is 6.92 Å². The first-order valence-electron chi connectivity index (χ1n) is 4.74. The Morgan fingerprint density at radius 2 is 2.38 bits per heavy atom. The predicted molar refractivity (Wildman–Crippen MR) is 65.1 cm³/mol. The standard InChI is InChI=1S/C10H11N3OS2/c1-7-11-12-10(16-7)15-6-9(14)8-4-3-5-13(8)2/h3-5H,6H2,1-2H3. The monoisotopic (exact) mass is 253 g/mol. The number of rotatable bonds is 4. The van der Waals surface area contributed by atoms with Crippen molar-refractivity contribution in [2.24, 2.45) is 7.05 Å². The lowest BCUT2D eigenvalue weighted by molar-refractivity contribution is 0.101. The Morgan fingerprint density at radius 1 is 1.56 bits per heavy atom. The van der Waals surface area contributed by atoms with E-state index in [1.807, 2.05) is 36.9 Å². The van der Waals surface area contributed by atoms with Crippen LogP contribution in [0.5, 0.6) is 0 Å². The number of thioether (sulfide) groups is 1. The Bertz CT molecular complexity index is 504. The number of Topliss-reactive ketones (excluding diaryl/α,β-unsaturated/α-hetero) is 1. The zero-order valence-corrected chi connectivity index (χ0v) is 10.6. The number of carbonyl (C=O) groups is 1. The van der Waals surface area contributed by atoms with E-state index in [4.69, 9.17) is 0 Å².